The van der Waals surface area contributed by atoms with Crippen LogP contribution < -0.4 is 14.8 Å². The minimum absolute atomic E-state index is 0.00180. The van der Waals surface area contributed by atoms with Crippen molar-refractivity contribution in [2.45, 2.75) is 39.0 Å². The van der Waals surface area contributed by atoms with Gasteiger partial charge in [-0.1, -0.05) is 6.07 Å². The van der Waals surface area contributed by atoms with E-state index < -0.39 is 6.10 Å². The average molecular weight is 283 g/mol. The van der Waals surface area contributed by atoms with E-state index in [2.05, 4.69) is 26.1 Å². The van der Waals surface area contributed by atoms with Crippen molar-refractivity contribution in [2.24, 2.45) is 0 Å². The quantitative estimate of drug-likeness (QED) is 0.704. The zero-order valence-corrected chi connectivity index (χ0v) is 12.6. The van der Waals surface area contributed by atoms with E-state index in [9.17, 15) is 5.11 Å². The topological polar surface area (TPSA) is 71.0 Å². The molecule has 0 saturated carbocycles. The summed E-state index contributed by atoms with van der Waals surface area (Å²) < 4.78 is 10.7. The molecule has 5 heteroatoms. The molecule has 0 fully saturated rings. The molecule has 1 aromatic rings. The van der Waals surface area contributed by atoms with Gasteiger partial charge in [-0.3, -0.25) is 0 Å². The number of nitrogens with one attached hydrogen (secondary N) is 1. The molecule has 1 aromatic carbocycles. The molecule has 5 nitrogen and oxygen atoms in total. The molecule has 3 N–H and O–H groups in total. The fourth-order valence-electron chi connectivity index (χ4n) is 1.54. The Morgan fingerprint density at radius 2 is 2.00 bits per heavy atom. The summed E-state index contributed by atoms with van der Waals surface area (Å²) in [4.78, 5) is 0. The van der Waals surface area contributed by atoms with Crippen molar-refractivity contribution >= 4 is 0 Å². The Labute approximate surface area is 120 Å². The lowest BCUT2D eigenvalue weighted by Crippen LogP contribution is -2.35. The Hall–Kier alpha value is -1.30. The predicted octanol–water partition coefficient (Wildman–Crippen LogP) is 1.32. The van der Waals surface area contributed by atoms with Gasteiger partial charge in [0.1, 0.15) is 24.2 Å². The lowest BCUT2D eigenvalue weighted by molar-refractivity contribution is 0.0531. The van der Waals surface area contributed by atoms with Crippen LogP contribution in [0.25, 0.3) is 0 Å². The highest BCUT2D eigenvalue weighted by Crippen LogP contribution is 2.25. The molecule has 0 aliphatic heterocycles. The smallest absolute Gasteiger partial charge is 0.127 e. The third-order valence-electron chi connectivity index (χ3n) is 2.73. The van der Waals surface area contributed by atoms with E-state index in [0.717, 1.165) is 5.56 Å². The van der Waals surface area contributed by atoms with Crippen LogP contribution in [-0.4, -0.2) is 42.2 Å². The summed E-state index contributed by atoms with van der Waals surface area (Å²) in [5, 5.41) is 21.6. The number of benzene rings is 1. The van der Waals surface area contributed by atoms with Crippen molar-refractivity contribution in [3.05, 3.63) is 23.8 Å². The maximum atomic E-state index is 9.37. The predicted molar refractivity (Wildman–Crippen MR) is 78.2 cm³/mol. The second-order valence-corrected chi connectivity index (χ2v) is 5.72. The van der Waals surface area contributed by atoms with E-state index in [1.807, 2.05) is 12.1 Å². The van der Waals surface area contributed by atoms with E-state index in [-0.39, 0.29) is 18.8 Å². The van der Waals surface area contributed by atoms with Gasteiger partial charge in [0.05, 0.1) is 13.7 Å². The van der Waals surface area contributed by atoms with Gasteiger partial charge in [0.2, 0.25) is 0 Å². The maximum absolute atomic E-state index is 9.37. The molecule has 0 amide bonds. The lowest BCUT2D eigenvalue weighted by atomic mass is 10.1. The first kappa shape index (κ1) is 16.8. The first-order chi connectivity index (χ1) is 9.35. The van der Waals surface area contributed by atoms with E-state index >= 15 is 0 Å². The van der Waals surface area contributed by atoms with Crippen molar-refractivity contribution in [2.75, 3.05) is 20.3 Å². The van der Waals surface area contributed by atoms with E-state index in [1.54, 1.807) is 13.2 Å². The number of ether oxygens (including phenoxy) is 2. The molecule has 0 heterocycles. The molecule has 1 rings (SSSR count). The van der Waals surface area contributed by atoms with Crippen molar-refractivity contribution in [3.8, 4) is 11.5 Å². The van der Waals surface area contributed by atoms with Crippen LogP contribution in [0.3, 0.4) is 0 Å². The number of aliphatic hydroxyl groups excluding tert-OH is 2. The molecule has 0 aromatic heterocycles. The molecular weight excluding hydrogens is 258 g/mol. The molecule has 0 bridgehead atoms. The Balaban J connectivity index is 2.80. The second-order valence-electron chi connectivity index (χ2n) is 5.72. The standard InChI is InChI=1S/C15H25NO4/c1-15(2,3)16-8-11-5-6-13(19-4)7-14(11)20-10-12(18)9-17/h5-7,12,16-18H,8-10H2,1-4H3. The number of hydrogen-bond donors (Lipinski definition) is 3. The first-order valence-corrected chi connectivity index (χ1v) is 6.69. The highest BCUT2D eigenvalue weighted by molar-refractivity contribution is 5.40. The molecule has 1 unspecified atom stereocenters. The summed E-state index contributed by atoms with van der Waals surface area (Å²) in [6, 6.07) is 5.58. The van der Waals surface area contributed by atoms with E-state index in [0.29, 0.717) is 18.0 Å². The van der Waals surface area contributed by atoms with Gasteiger partial charge in [0.15, 0.2) is 0 Å². The minimum atomic E-state index is -0.885. The van der Waals surface area contributed by atoms with Gasteiger partial charge in [0.25, 0.3) is 0 Å². The van der Waals surface area contributed by atoms with Crippen LogP contribution in [-0.2, 0) is 6.54 Å². The van der Waals surface area contributed by atoms with Crippen LogP contribution in [0.4, 0.5) is 0 Å². The first-order valence-electron chi connectivity index (χ1n) is 6.69. The van der Waals surface area contributed by atoms with Gasteiger partial charge in [0, 0.05) is 23.7 Å². The highest BCUT2D eigenvalue weighted by Gasteiger charge is 2.13. The van der Waals surface area contributed by atoms with Crippen LogP contribution in [0.1, 0.15) is 26.3 Å². The molecule has 0 aliphatic carbocycles. The normalized spacial score (nSPS) is 13.1. The Bertz CT molecular complexity index is 415. The van der Waals surface area contributed by atoms with E-state index in [1.165, 1.54) is 0 Å². The van der Waals surface area contributed by atoms with Gasteiger partial charge >= 0.3 is 0 Å². The summed E-state index contributed by atoms with van der Waals surface area (Å²) in [5.74, 6) is 1.34. The van der Waals surface area contributed by atoms with Gasteiger partial charge < -0.3 is 25.0 Å². The summed E-state index contributed by atoms with van der Waals surface area (Å²) in [6.07, 6.45) is -0.885. The summed E-state index contributed by atoms with van der Waals surface area (Å²) in [5.41, 5.74) is 0.979. The molecule has 0 saturated heterocycles. The summed E-state index contributed by atoms with van der Waals surface area (Å²) >= 11 is 0. The molecule has 114 valence electrons. The number of rotatable bonds is 7. The Morgan fingerprint density at radius 1 is 1.30 bits per heavy atom. The molecule has 0 radical (unpaired) electrons. The second kappa shape index (κ2) is 7.47. The van der Waals surface area contributed by atoms with Crippen molar-refractivity contribution in [1.29, 1.82) is 0 Å². The largest absolute Gasteiger partial charge is 0.497 e. The van der Waals surface area contributed by atoms with Crippen molar-refractivity contribution < 1.29 is 19.7 Å². The van der Waals surface area contributed by atoms with Gasteiger partial charge in [-0.05, 0) is 26.8 Å². The number of methoxy groups -OCH3 is 1. The van der Waals surface area contributed by atoms with Crippen molar-refractivity contribution in [3.63, 3.8) is 0 Å². The number of aliphatic hydroxyl groups is 2. The van der Waals surface area contributed by atoms with E-state index in [4.69, 9.17) is 14.6 Å². The van der Waals surface area contributed by atoms with Crippen LogP contribution in [0, 0.1) is 0 Å². The van der Waals surface area contributed by atoms with Gasteiger partial charge in [-0.2, -0.15) is 0 Å². The van der Waals surface area contributed by atoms with Crippen LogP contribution in [0.2, 0.25) is 0 Å². The highest BCUT2D eigenvalue weighted by atomic mass is 16.5. The third-order valence-corrected chi connectivity index (χ3v) is 2.73. The van der Waals surface area contributed by atoms with Crippen LogP contribution in [0.5, 0.6) is 11.5 Å². The molecule has 20 heavy (non-hydrogen) atoms. The molecule has 1 atom stereocenters. The zero-order valence-electron chi connectivity index (χ0n) is 12.6. The Morgan fingerprint density at radius 3 is 2.55 bits per heavy atom. The summed E-state index contributed by atoms with van der Waals surface area (Å²) in [6.45, 7) is 6.65. The van der Waals surface area contributed by atoms with Crippen molar-refractivity contribution in [1.82, 2.24) is 5.32 Å². The molecule has 0 aliphatic rings. The lowest BCUT2D eigenvalue weighted by Gasteiger charge is -2.22. The molecule has 0 spiro atoms. The third kappa shape index (κ3) is 5.77. The number of hydrogen-bond acceptors (Lipinski definition) is 5. The van der Waals surface area contributed by atoms with Gasteiger partial charge in [-0.15, -0.1) is 0 Å². The molecular formula is C15H25NO4. The zero-order chi connectivity index (χ0) is 15.2. The monoisotopic (exact) mass is 283 g/mol. The summed E-state index contributed by atoms with van der Waals surface area (Å²) in [7, 11) is 1.59. The Kier molecular flexibility index (Phi) is 6.26. The van der Waals surface area contributed by atoms with Crippen LogP contribution in [0.15, 0.2) is 18.2 Å². The average Bonchev–Trinajstić information content (AvgIpc) is 2.41. The minimum Gasteiger partial charge on any atom is -0.497 e. The maximum Gasteiger partial charge on any atom is 0.127 e. The fraction of sp³-hybridized carbons (Fsp3) is 0.600. The fourth-order valence-corrected chi connectivity index (χ4v) is 1.54. The van der Waals surface area contributed by atoms with Crippen LogP contribution >= 0.6 is 0 Å². The SMILES string of the molecule is COc1ccc(CNC(C)(C)C)c(OCC(O)CO)c1. The van der Waals surface area contributed by atoms with Gasteiger partial charge in [-0.25, -0.2) is 0 Å².